The summed E-state index contributed by atoms with van der Waals surface area (Å²) in [5, 5.41) is 6.64. The van der Waals surface area contributed by atoms with Crippen LogP contribution in [0, 0.1) is 5.92 Å². The predicted octanol–water partition coefficient (Wildman–Crippen LogP) is 5.67. The summed E-state index contributed by atoms with van der Waals surface area (Å²) in [7, 11) is 2.20. The molecular weight excluding hydrogens is 406 g/mol. The second-order valence-electron chi connectivity index (χ2n) is 9.14. The molecule has 1 fully saturated rings. The van der Waals surface area contributed by atoms with Gasteiger partial charge in [-0.25, -0.2) is 0 Å². The fourth-order valence-corrected chi connectivity index (χ4v) is 5.23. The van der Waals surface area contributed by atoms with Gasteiger partial charge in [-0.05, 0) is 69.5 Å². The maximum absolute atomic E-state index is 6.47. The molecule has 0 bridgehead atoms. The second-order valence-corrected chi connectivity index (χ2v) is 9.58. The van der Waals surface area contributed by atoms with Gasteiger partial charge in [-0.15, -0.1) is 0 Å². The smallest absolute Gasteiger partial charge is 0.156 e. The number of allylic oxidation sites excluding steroid dienone is 1. The van der Waals surface area contributed by atoms with Crippen LogP contribution in [0.4, 0.5) is 0 Å². The number of likely N-dealkylation sites (tertiary alicyclic amines) is 1. The van der Waals surface area contributed by atoms with Gasteiger partial charge >= 0.3 is 0 Å². The third kappa shape index (κ3) is 4.86. The first-order valence-electron chi connectivity index (χ1n) is 11.4. The number of likely N-dealkylation sites (N-methyl/N-ethyl adjacent to an activating group) is 1. The maximum atomic E-state index is 6.47. The van der Waals surface area contributed by atoms with Gasteiger partial charge in [0.15, 0.2) is 5.75 Å². The van der Waals surface area contributed by atoms with Gasteiger partial charge in [0.25, 0.3) is 0 Å². The highest BCUT2D eigenvalue weighted by Crippen LogP contribution is 2.42. The number of hydroxylamine groups is 2. The van der Waals surface area contributed by atoms with Gasteiger partial charge in [-0.1, -0.05) is 54.9 Å². The number of nitrogens with one attached hydrogen (secondary N) is 1. The summed E-state index contributed by atoms with van der Waals surface area (Å²) >= 11 is 6.24. The summed E-state index contributed by atoms with van der Waals surface area (Å²) < 4.78 is 0. The van der Waals surface area contributed by atoms with Crippen LogP contribution in [0.1, 0.15) is 45.1 Å². The van der Waals surface area contributed by atoms with E-state index in [0.717, 1.165) is 18.1 Å². The van der Waals surface area contributed by atoms with Crippen molar-refractivity contribution in [3.05, 3.63) is 76.6 Å². The zero-order chi connectivity index (χ0) is 22.0. The molecule has 5 heteroatoms. The average molecular weight is 440 g/mol. The van der Waals surface area contributed by atoms with Crippen molar-refractivity contribution in [2.45, 2.75) is 51.6 Å². The van der Waals surface area contributed by atoms with Crippen molar-refractivity contribution in [1.82, 2.24) is 15.3 Å². The molecule has 1 saturated heterocycles. The van der Waals surface area contributed by atoms with Gasteiger partial charge in [0.2, 0.25) is 0 Å². The Bertz CT molecular complexity index is 916. The van der Waals surface area contributed by atoms with E-state index < -0.39 is 0 Å². The van der Waals surface area contributed by atoms with E-state index >= 15 is 0 Å². The molecule has 2 aliphatic heterocycles. The van der Waals surface area contributed by atoms with Gasteiger partial charge in [-0.3, -0.25) is 0 Å². The highest BCUT2D eigenvalue weighted by atomic mass is 35.5. The van der Waals surface area contributed by atoms with Crippen molar-refractivity contribution in [2.75, 3.05) is 20.1 Å². The summed E-state index contributed by atoms with van der Waals surface area (Å²) in [6, 6.07) is 19.1. The van der Waals surface area contributed by atoms with Gasteiger partial charge in [0.05, 0.1) is 6.04 Å². The number of rotatable bonds is 5. The number of hydrogen-bond acceptors (Lipinski definition) is 4. The predicted molar refractivity (Wildman–Crippen MR) is 128 cm³/mol. The Hall–Kier alpha value is -2.17. The quantitative estimate of drug-likeness (QED) is 0.649. The van der Waals surface area contributed by atoms with E-state index in [1.165, 1.54) is 30.5 Å². The lowest BCUT2D eigenvalue weighted by Crippen LogP contribution is -2.53. The second kappa shape index (κ2) is 9.54. The van der Waals surface area contributed by atoms with E-state index in [0.29, 0.717) is 22.9 Å². The number of piperidine rings is 1. The summed E-state index contributed by atoms with van der Waals surface area (Å²) in [6.45, 7) is 9.04. The number of halogens is 1. The zero-order valence-corrected chi connectivity index (χ0v) is 19.8. The van der Waals surface area contributed by atoms with Crippen molar-refractivity contribution < 1.29 is 4.84 Å². The molecule has 166 valence electrons. The Morgan fingerprint density at radius 2 is 1.84 bits per heavy atom. The Morgan fingerprint density at radius 3 is 2.55 bits per heavy atom. The highest BCUT2D eigenvalue weighted by molar-refractivity contribution is 6.30. The van der Waals surface area contributed by atoms with E-state index in [4.69, 9.17) is 16.4 Å². The molecule has 2 heterocycles. The molecular formula is C26H34ClN3O. The maximum Gasteiger partial charge on any atom is 0.156 e. The van der Waals surface area contributed by atoms with Crippen molar-refractivity contribution in [1.29, 1.82) is 0 Å². The molecule has 1 N–H and O–H groups in total. The molecule has 2 aliphatic rings. The van der Waals surface area contributed by atoms with E-state index in [2.05, 4.69) is 73.4 Å². The molecule has 0 aromatic heterocycles. The molecule has 4 rings (SSSR count). The first kappa shape index (κ1) is 22.0. The largest absolute Gasteiger partial charge is 0.378 e. The Morgan fingerprint density at radius 1 is 1.06 bits per heavy atom. The molecule has 2 aromatic rings. The van der Waals surface area contributed by atoms with Crippen LogP contribution in [0.25, 0.3) is 0 Å². The van der Waals surface area contributed by atoms with E-state index in [1.54, 1.807) is 0 Å². The van der Waals surface area contributed by atoms with Gasteiger partial charge < -0.3 is 15.1 Å². The number of nitrogens with zero attached hydrogens (tertiary/aromatic N) is 2. The molecule has 4 nitrogen and oxygen atoms in total. The lowest BCUT2D eigenvalue weighted by Gasteiger charge is -2.46. The highest BCUT2D eigenvalue weighted by Gasteiger charge is 2.39. The van der Waals surface area contributed by atoms with Crippen LogP contribution in [-0.4, -0.2) is 42.2 Å². The molecule has 0 aliphatic carbocycles. The summed E-state index contributed by atoms with van der Waals surface area (Å²) in [4.78, 5) is 8.87. The third-order valence-electron chi connectivity index (χ3n) is 6.84. The fraction of sp³-hybridized carbons (Fsp3) is 0.462. The fourth-order valence-electron chi connectivity index (χ4n) is 5.05. The molecule has 31 heavy (non-hydrogen) atoms. The van der Waals surface area contributed by atoms with Crippen LogP contribution in [0.3, 0.4) is 0 Å². The standard InChI is InChI=1S/C26H34ClN3O/c1-18-20(3)30(31-24-14-8-12-22(27)16-24)26(28-23-13-9-15-29(4)17-23)19(2)25(18)21-10-6-5-7-11-21/h5-8,10-12,14,16,18,20,23,25,28H,9,13,15,17H2,1-4H3/t18?,20?,23-,25?/m1/s1. The van der Waals surface area contributed by atoms with Crippen molar-refractivity contribution in [3.8, 4) is 5.75 Å². The van der Waals surface area contributed by atoms with Gasteiger partial charge in [0, 0.05) is 29.6 Å². The lowest BCUT2D eigenvalue weighted by atomic mass is 9.76. The summed E-state index contributed by atoms with van der Waals surface area (Å²) in [5.41, 5.74) is 2.69. The molecule has 0 saturated carbocycles. The molecule has 0 radical (unpaired) electrons. The molecule has 3 unspecified atom stereocenters. The van der Waals surface area contributed by atoms with E-state index in [9.17, 15) is 0 Å². The van der Waals surface area contributed by atoms with Crippen molar-refractivity contribution in [2.24, 2.45) is 5.92 Å². The zero-order valence-electron chi connectivity index (χ0n) is 19.0. The van der Waals surface area contributed by atoms with Crippen LogP contribution in [0.2, 0.25) is 5.02 Å². The van der Waals surface area contributed by atoms with Crippen LogP contribution < -0.4 is 10.2 Å². The first-order valence-corrected chi connectivity index (χ1v) is 11.8. The number of hydrogen-bond donors (Lipinski definition) is 1. The normalized spacial score (nSPS) is 27.3. The molecule has 0 spiro atoms. The third-order valence-corrected chi connectivity index (χ3v) is 7.08. The van der Waals surface area contributed by atoms with Crippen LogP contribution in [-0.2, 0) is 0 Å². The van der Waals surface area contributed by atoms with Crippen molar-refractivity contribution in [3.63, 3.8) is 0 Å². The monoisotopic (exact) mass is 439 g/mol. The Balaban J connectivity index is 1.71. The lowest BCUT2D eigenvalue weighted by molar-refractivity contribution is -0.0919. The van der Waals surface area contributed by atoms with Crippen LogP contribution in [0.5, 0.6) is 5.75 Å². The SMILES string of the molecule is CC1=C(N[C@@H]2CCCN(C)C2)N(Oc2cccc(Cl)c2)C(C)C(C)C1c1ccccc1. The average Bonchev–Trinajstić information content (AvgIpc) is 2.75. The topological polar surface area (TPSA) is 27.7 Å². The van der Waals surface area contributed by atoms with E-state index in [1.807, 2.05) is 24.3 Å². The van der Waals surface area contributed by atoms with E-state index in [-0.39, 0.29) is 6.04 Å². The van der Waals surface area contributed by atoms with Gasteiger partial charge in [0.1, 0.15) is 5.82 Å². The minimum absolute atomic E-state index is 0.191. The summed E-state index contributed by atoms with van der Waals surface area (Å²) in [6.07, 6.45) is 2.38. The molecule has 0 amide bonds. The molecule has 4 atom stereocenters. The molecule has 2 aromatic carbocycles. The minimum atomic E-state index is 0.191. The Labute approximate surface area is 191 Å². The van der Waals surface area contributed by atoms with Crippen LogP contribution >= 0.6 is 11.6 Å². The van der Waals surface area contributed by atoms with Crippen molar-refractivity contribution >= 4 is 11.6 Å². The summed E-state index contributed by atoms with van der Waals surface area (Å²) in [5.74, 6) is 2.60. The van der Waals surface area contributed by atoms with Gasteiger partial charge in [-0.2, -0.15) is 5.06 Å². The number of benzene rings is 2. The minimum Gasteiger partial charge on any atom is -0.378 e. The Kier molecular flexibility index (Phi) is 6.78. The first-order chi connectivity index (χ1) is 14.9. The van der Waals surface area contributed by atoms with Crippen LogP contribution in [0.15, 0.2) is 66.0 Å².